The molecule has 2 aliphatic heterocycles. The molecule has 2 aliphatic rings. The largest absolute Gasteiger partial charge is 0.369 e. The third-order valence-corrected chi connectivity index (χ3v) is 8.57. The average molecular weight is 449 g/mol. The van der Waals surface area contributed by atoms with E-state index in [4.69, 9.17) is 5.73 Å². The Balaban J connectivity index is 1.67. The smallest absolute Gasteiger partial charge is 0.257 e. The minimum Gasteiger partial charge on any atom is -0.369 e. The van der Waals surface area contributed by atoms with Crippen LogP contribution in [0.15, 0.2) is 22.0 Å². The van der Waals surface area contributed by atoms with Gasteiger partial charge in [-0.1, -0.05) is 31.5 Å². The molecule has 1 atom stereocenters. The molecule has 0 bridgehead atoms. The molecule has 1 aromatic rings. The summed E-state index contributed by atoms with van der Waals surface area (Å²) in [4.78, 5) is 19.5. The van der Waals surface area contributed by atoms with Crippen molar-refractivity contribution in [1.29, 1.82) is 0 Å². The van der Waals surface area contributed by atoms with Gasteiger partial charge in [0.05, 0.1) is 4.90 Å². The quantitative estimate of drug-likeness (QED) is 0.724. The Hall–Kier alpha value is -1.93. The molecule has 1 saturated heterocycles. The summed E-state index contributed by atoms with van der Waals surface area (Å²) in [5.41, 5.74) is 7.95. The summed E-state index contributed by atoms with van der Waals surface area (Å²) in [6, 6.07) is 3.84. The second kappa shape index (κ2) is 8.54. The lowest BCUT2D eigenvalue weighted by Gasteiger charge is -2.34. The van der Waals surface area contributed by atoms with Gasteiger partial charge in [0.15, 0.2) is 5.96 Å². The number of guanidine groups is 1. The molecule has 8 heteroatoms. The molecule has 0 radical (unpaired) electrons. The van der Waals surface area contributed by atoms with E-state index in [2.05, 4.69) is 18.8 Å². The van der Waals surface area contributed by atoms with Gasteiger partial charge in [0.25, 0.3) is 5.91 Å². The van der Waals surface area contributed by atoms with E-state index >= 15 is 0 Å². The summed E-state index contributed by atoms with van der Waals surface area (Å²) in [7, 11) is -3.54. The average Bonchev–Trinajstić information content (AvgIpc) is 2.83. The van der Waals surface area contributed by atoms with Crippen LogP contribution in [0.3, 0.4) is 0 Å². The maximum Gasteiger partial charge on any atom is 0.257 e. The standard InChI is InChI=1S/C23H36N4O3S/c1-15(2)13-23(6)21(28)27(22(24)25-23)14-19-7-9-26(10-8-19)31(29,30)20-17(4)11-16(3)12-18(20)5/h11-12,15,19H,7-10,13-14H2,1-6H3,(H2,24,25). The summed E-state index contributed by atoms with van der Waals surface area (Å²) >= 11 is 0. The van der Waals surface area contributed by atoms with E-state index in [-0.39, 0.29) is 17.8 Å². The predicted molar refractivity (Wildman–Crippen MR) is 123 cm³/mol. The van der Waals surface area contributed by atoms with E-state index in [9.17, 15) is 13.2 Å². The molecule has 2 heterocycles. The van der Waals surface area contributed by atoms with Crippen molar-refractivity contribution in [3.63, 3.8) is 0 Å². The number of rotatable bonds is 6. The van der Waals surface area contributed by atoms with Crippen LogP contribution in [0, 0.1) is 32.6 Å². The first-order chi connectivity index (χ1) is 14.3. The number of hydrogen-bond acceptors (Lipinski definition) is 5. The van der Waals surface area contributed by atoms with Crippen LogP contribution >= 0.6 is 0 Å². The molecule has 1 unspecified atom stereocenters. The van der Waals surface area contributed by atoms with Crippen LogP contribution in [0.25, 0.3) is 0 Å². The number of aryl methyl sites for hydroxylation is 3. The van der Waals surface area contributed by atoms with Gasteiger partial charge in [0, 0.05) is 19.6 Å². The summed E-state index contributed by atoms with van der Waals surface area (Å²) in [5.74, 6) is 0.784. The van der Waals surface area contributed by atoms with Crippen LogP contribution in [0.2, 0.25) is 0 Å². The predicted octanol–water partition coefficient (Wildman–Crippen LogP) is 2.97. The molecule has 31 heavy (non-hydrogen) atoms. The van der Waals surface area contributed by atoms with Gasteiger partial charge in [0.1, 0.15) is 5.54 Å². The van der Waals surface area contributed by atoms with E-state index < -0.39 is 15.6 Å². The van der Waals surface area contributed by atoms with Crippen molar-refractivity contribution in [2.75, 3.05) is 19.6 Å². The Bertz CT molecular complexity index is 971. The van der Waals surface area contributed by atoms with Gasteiger partial charge < -0.3 is 5.73 Å². The van der Waals surface area contributed by atoms with Gasteiger partial charge in [-0.05, 0) is 69.9 Å². The molecule has 0 aliphatic carbocycles. The number of hydrogen-bond donors (Lipinski definition) is 1. The van der Waals surface area contributed by atoms with Gasteiger partial charge in [-0.3, -0.25) is 9.69 Å². The first-order valence-corrected chi connectivity index (χ1v) is 12.5. The zero-order chi connectivity index (χ0) is 23.1. The minimum atomic E-state index is -3.54. The first kappa shape index (κ1) is 23.7. The highest BCUT2D eigenvalue weighted by molar-refractivity contribution is 7.89. The number of benzene rings is 1. The van der Waals surface area contributed by atoms with E-state index in [1.807, 2.05) is 39.8 Å². The molecule has 0 aromatic heterocycles. The summed E-state index contributed by atoms with van der Waals surface area (Å²) < 4.78 is 28.2. The molecule has 0 spiro atoms. The molecular weight excluding hydrogens is 412 g/mol. The SMILES string of the molecule is Cc1cc(C)c(S(=O)(=O)N2CCC(CN3C(=O)C(C)(CC(C)C)N=C3N)CC2)c(C)c1. The fourth-order valence-electron chi connectivity index (χ4n) is 5.15. The highest BCUT2D eigenvalue weighted by atomic mass is 32.2. The van der Waals surface area contributed by atoms with E-state index in [0.717, 1.165) is 16.7 Å². The maximum atomic E-state index is 13.3. The number of piperidine rings is 1. The molecule has 2 N–H and O–H groups in total. The number of aliphatic imine (C=N–C) groups is 1. The molecule has 1 aromatic carbocycles. The molecule has 1 fully saturated rings. The van der Waals surface area contributed by atoms with Crippen LogP contribution in [-0.2, 0) is 14.8 Å². The second-order valence-corrected chi connectivity index (χ2v) is 11.7. The van der Waals surface area contributed by atoms with Gasteiger partial charge in [-0.15, -0.1) is 0 Å². The molecule has 7 nitrogen and oxygen atoms in total. The summed E-state index contributed by atoms with van der Waals surface area (Å²) in [6.07, 6.45) is 2.05. The van der Waals surface area contributed by atoms with Crippen LogP contribution in [-0.4, -0.2) is 54.7 Å². The number of carbonyl (C=O) groups is 1. The van der Waals surface area contributed by atoms with Crippen molar-refractivity contribution in [3.8, 4) is 0 Å². The Morgan fingerprint density at radius 1 is 1.16 bits per heavy atom. The van der Waals surface area contributed by atoms with Crippen molar-refractivity contribution in [2.24, 2.45) is 22.6 Å². The third kappa shape index (κ3) is 4.65. The number of amides is 1. The third-order valence-electron chi connectivity index (χ3n) is 6.37. The molecular formula is C23H36N4O3S. The van der Waals surface area contributed by atoms with Gasteiger partial charge >= 0.3 is 0 Å². The van der Waals surface area contributed by atoms with Crippen LogP contribution < -0.4 is 5.73 Å². The van der Waals surface area contributed by atoms with Crippen LogP contribution in [0.4, 0.5) is 0 Å². The van der Waals surface area contributed by atoms with Crippen LogP contribution in [0.1, 0.15) is 56.7 Å². The Morgan fingerprint density at radius 2 is 1.71 bits per heavy atom. The Kier molecular flexibility index (Phi) is 6.54. The Labute approximate surface area is 186 Å². The van der Waals surface area contributed by atoms with Crippen molar-refractivity contribution in [2.45, 2.75) is 71.2 Å². The first-order valence-electron chi connectivity index (χ1n) is 11.1. The monoisotopic (exact) mass is 448 g/mol. The zero-order valence-corrected chi connectivity index (χ0v) is 20.4. The van der Waals surface area contributed by atoms with Crippen LogP contribution in [0.5, 0.6) is 0 Å². The summed E-state index contributed by atoms with van der Waals surface area (Å²) in [6.45, 7) is 13.1. The van der Waals surface area contributed by atoms with Gasteiger partial charge in [-0.25, -0.2) is 13.4 Å². The van der Waals surface area contributed by atoms with E-state index in [1.165, 1.54) is 0 Å². The van der Waals surface area contributed by atoms with E-state index in [1.54, 1.807) is 9.21 Å². The number of nitrogens with two attached hydrogens (primary N) is 1. The fraction of sp³-hybridized carbons (Fsp3) is 0.652. The summed E-state index contributed by atoms with van der Waals surface area (Å²) in [5, 5.41) is 0. The van der Waals surface area contributed by atoms with Crippen molar-refractivity contribution in [3.05, 3.63) is 28.8 Å². The zero-order valence-electron chi connectivity index (χ0n) is 19.6. The molecule has 1 amide bonds. The number of carbonyl (C=O) groups excluding carboxylic acids is 1. The fourth-order valence-corrected chi connectivity index (χ4v) is 7.03. The minimum absolute atomic E-state index is 0.0420. The normalized spacial score (nSPS) is 23.6. The molecule has 172 valence electrons. The lowest BCUT2D eigenvalue weighted by atomic mass is 9.90. The Morgan fingerprint density at radius 3 is 2.23 bits per heavy atom. The highest BCUT2D eigenvalue weighted by Gasteiger charge is 2.45. The number of nitrogens with zero attached hydrogens (tertiary/aromatic N) is 3. The van der Waals surface area contributed by atoms with E-state index in [0.29, 0.717) is 49.7 Å². The molecule has 0 saturated carbocycles. The van der Waals surface area contributed by atoms with Gasteiger partial charge in [-0.2, -0.15) is 4.31 Å². The van der Waals surface area contributed by atoms with Crippen molar-refractivity contribution < 1.29 is 13.2 Å². The lowest BCUT2D eigenvalue weighted by Crippen LogP contribution is -2.48. The second-order valence-electron chi connectivity index (χ2n) is 9.83. The van der Waals surface area contributed by atoms with Crippen molar-refractivity contribution in [1.82, 2.24) is 9.21 Å². The maximum absolute atomic E-state index is 13.3. The molecule has 3 rings (SSSR count). The topological polar surface area (TPSA) is 96.1 Å². The van der Waals surface area contributed by atoms with Crippen molar-refractivity contribution >= 4 is 21.9 Å². The number of sulfonamides is 1. The highest BCUT2D eigenvalue weighted by Crippen LogP contribution is 2.32. The van der Waals surface area contributed by atoms with Gasteiger partial charge in [0.2, 0.25) is 10.0 Å². The lowest BCUT2D eigenvalue weighted by molar-refractivity contribution is -0.131.